The van der Waals surface area contributed by atoms with Gasteiger partial charge in [0.15, 0.2) is 6.61 Å². The lowest BCUT2D eigenvalue weighted by Crippen LogP contribution is -2.20. The molecule has 0 spiro atoms. The molecule has 3 nitrogen and oxygen atoms in total. The fourth-order valence-corrected chi connectivity index (χ4v) is 2.42. The van der Waals surface area contributed by atoms with E-state index in [1.807, 2.05) is 44.2 Å². The standard InChI is InChI=1S/C20H25NO2/c1-5-15(3)17-7-9-18(10-8-17)23-13-20(22)21-19-11-6-14(2)12-16(19)4/h6-12,15H,5,13H2,1-4H3,(H,21,22). The first-order valence-corrected chi connectivity index (χ1v) is 8.09. The normalized spacial score (nSPS) is 11.8. The number of benzene rings is 2. The molecule has 3 heteroatoms. The van der Waals surface area contributed by atoms with Gasteiger partial charge in [-0.3, -0.25) is 4.79 Å². The van der Waals surface area contributed by atoms with Crippen molar-refractivity contribution in [3.05, 3.63) is 59.2 Å². The Kier molecular flexibility index (Phi) is 5.80. The number of hydrogen-bond donors (Lipinski definition) is 1. The summed E-state index contributed by atoms with van der Waals surface area (Å²) in [5.74, 6) is 1.10. The summed E-state index contributed by atoms with van der Waals surface area (Å²) in [6.45, 7) is 8.40. The van der Waals surface area contributed by atoms with Gasteiger partial charge in [0.25, 0.3) is 5.91 Å². The van der Waals surface area contributed by atoms with Crippen molar-refractivity contribution in [1.82, 2.24) is 0 Å². The third-order valence-corrected chi connectivity index (χ3v) is 4.09. The van der Waals surface area contributed by atoms with E-state index in [2.05, 4.69) is 31.3 Å². The van der Waals surface area contributed by atoms with Gasteiger partial charge in [-0.15, -0.1) is 0 Å². The van der Waals surface area contributed by atoms with Crippen molar-refractivity contribution < 1.29 is 9.53 Å². The molecule has 0 saturated carbocycles. The number of rotatable bonds is 6. The van der Waals surface area contributed by atoms with Crippen LogP contribution < -0.4 is 10.1 Å². The van der Waals surface area contributed by atoms with E-state index in [1.165, 1.54) is 11.1 Å². The fraction of sp³-hybridized carbons (Fsp3) is 0.350. The molecule has 122 valence electrons. The molecular weight excluding hydrogens is 286 g/mol. The highest BCUT2D eigenvalue weighted by molar-refractivity contribution is 5.92. The van der Waals surface area contributed by atoms with Crippen LogP contribution in [0.3, 0.4) is 0 Å². The predicted molar refractivity (Wildman–Crippen MR) is 95.2 cm³/mol. The van der Waals surface area contributed by atoms with Crippen molar-refractivity contribution in [2.45, 2.75) is 40.0 Å². The molecule has 1 atom stereocenters. The number of carbonyl (C=O) groups excluding carboxylic acids is 1. The summed E-state index contributed by atoms with van der Waals surface area (Å²) >= 11 is 0. The topological polar surface area (TPSA) is 38.3 Å². The van der Waals surface area contributed by atoms with E-state index in [4.69, 9.17) is 4.74 Å². The number of nitrogens with one attached hydrogen (secondary N) is 1. The fourth-order valence-electron chi connectivity index (χ4n) is 2.42. The smallest absolute Gasteiger partial charge is 0.262 e. The van der Waals surface area contributed by atoms with Crippen LogP contribution >= 0.6 is 0 Å². The second-order valence-electron chi connectivity index (χ2n) is 6.03. The van der Waals surface area contributed by atoms with Crippen LogP contribution in [-0.2, 0) is 4.79 Å². The van der Waals surface area contributed by atoms with Crippen LogP contribution in [0.2, 0.25) is 0 Å². The van der Waals surface area contributed by atoms with Gasteiger partial charge in [0.1, 0.15) is 5.75 Å². The Morgan fingerprint density at radius 2 is 1.83 bits per heavy atom. The Morgan fingerprint density at radius 3 is 2.43 bits per heavy atom. The maximum absolute atomic E-state index is 12.0. The number of aryl methyl sites for hydroxylation is 2. The summed E-state index contributed by atoms with van der Waals surface area (Å²) in [6.07, 6.45) is 1.11. The van der Waals surface area contributed by atoms with Gasteiger partial charge in [-0.25, -0.2) is 0 Å². The molecule has 1 N–H and O–H groups in total. The van der Waals surface area contributed by atoms with E-state index in [0.717, 1.165) is 17.7 Å². The molecule has 0 saturated heterocycles. The molecule has 0 fully saturated rings. The Morgan fingerprint density at radius 1 is 1.13 bits per heavy atom. The molecule has 0 aliphatic heterocycles. The molecule has 2 rings (SSSR count). The second kappa shape index (κ2) is 7.82. The van der Waals surface area contributed by atoms with Crippen molar-refractivity contribution >= 4 is 11.6 Å². The number of hydrogen-bond acceptors (Lipinski definition) is 2. The van der Waals surface area contributed by atoms with E-state index in [0.29, 0.717) is 11.7 Å². The van der Waals surface area contributed by atoms with E-state index in [9.17, 15) is 4.79 Å². The van der Waals surface area contributed by atoms with Crippen LogP contribution in [0.25, 0.3) is 0 Å². The third kappa shape index (κ3) is 4.85. The van der Waals surface area contributed by atoms with Crippen molar-refractivity contribution in [1.29, 1.82) is 0 Å². The largest absolute Gasteiger partial charge is 0.484 e. The van der Waals surface area contributed by atoms with Crippen LogP contribution in [-0.4, -0.2) is 12.5 Å². The first kappa shape index (κ1) is 17.1. The van der Waals surface area contributed by atoms with Crippen LogP contribution in [0.15, 0.2) is 42.5 Å². The van der Waals surface area contributed by atoms with Crippen molar-refractivity contribution in [2.24, 2.45) is 0 Å². The van der Waals surface area contributed by atoms with Gasteiger partial charge in [-0.2, -0.15) is 0 Å². The average Bonchev–Trinajstić information content (AvgIpc) is 2.55. The van der Waals surface area contributed by atoms with Gasteiger partial charge >= 0.3 is 0 Å². The lowest BCUT2D eigenvalue weighted by atomic mass is 9.99. The van der Waals surface area contributed by atoms with Crippen molar-refractivity contribution in [3.63, 3.8) is 0 Å². The SMILES string of the molecule is CCC(C)c1ccc(OCC(=O)Nc2ccc(C)cc2C)cc1. The summed E-state index contributed by atoms with van der Waals surface area (Å²) in [7, 11) is 0. The zero-order valence-electron chi connectivity index (χ0n) is 14.3. The Labute approximate surface area is 138 Å². The molecule has 0 heterocycles. The maximum atomic E-state index is 12.0. The minimum absolute atomic E-state index is 0.00992. The molecule has 2 aromatic carbocycles. The first-order chi connectivity index (χ1) is 11.0. The van der Waals surface area contributed by atoms with Crippen LogP contribution in [0.5, 0.6) is 5.75 Å². The molecule has 2 aromatic rings. The molecule has 23 heavy (non-hydrogen) atoms. The van der Waals surface area contributed by atoms with Gasteiger partial charge in [0.2, 0.25) is 0 Å². The quantitative estimate of drug-likeness (QED) is 0.829. The van der Waals surface area contributed by atoms with E-state index < -0.39 is 0 Å². The maximum Gasteiger partial charge on any atom is 0.262 e. The molecule has 0 aromatic heterocycles. The Bertz CT molecular complexity index is 662. The third-order valence-electron chi connectivity index (χ3n) is 4.09. The van der Waals surface area contributed by atoms with Crippen molar-refractivity contribution in [3.8, 4) is 5.75 Å². The molecule has 1 amide bonds. The molecule has 0 aliphatic rings. The molecule has 0 radical (unpaired) electrons. The number of carbonyl (C=O) groups is 1. The predicted octanol–water partition coefficient (Wildman–Crippen LogP) is 4.83. The summed E-state index contributed by atoms with van der Waals surface area (Å²) in [5.41, 5.74) is 4.35. The van der Waals surface area contributed by atoms with Gasteiger partial charge in [0, 0.05) is 5.69 Å². The Hall–Kier alpha value is -2.29. The monoisotopic (exact) mass is 311 g/mol. The van der Waals surface area contributed by atoms with Crippen LogP contribution in [0.1, 0.15) is 42.9 Å². The van der Waals surface area contributed by atoms with Crippen LogP contribution in [0.4, 0.5) is 5.69 Å². The van der Waals surface area contributed by atoms with Gasteiger partial charge in [-0.1, -0.05) is 43.7 Å². The first-order valence-electron chi connectivity index (χ1n) is 8.09. The van der Waals surface area contributed by atoms with Gasteiger partial charge in [0.05, 0.1) is 0 Å². The summed E-state index contributed by atoms with van der Waals surface area (Å²) < 4.78 is 5.56. The average molecular weight is 311 g/mol. The van der Waals surface area contributed by atoms with Gasteiger partial charge < -0.3 is 10.1 Å². The van der Waals surface area contributed by atoms with E-state index in [1.54, 1.807) is 0 Å². The minimum atomic E-state index is -0.150. The lowest BCUT2D eigenvalue weighted by molar-refractivity contribution is -0.118. The number of amides is 1. The molecule has 0 aliphatic carbocycles. The zero-order valence-corrected chi connectivity index (χ0v) is 14.3. The highest BCUT2D eigenvalue weighted by Gasteiger charge is 2.07. The lowest BCUT2D eigenvalue weighted by Gasteiger charge is -2.12. The molecular formula is C20H25NO2. The van der Waals surface area contributed by atoms with Crippen LogP contribution in [0, 0.1) is 13.8 Å². The second-order valence-corrected chi connectivity index (χ2v) is 6.03. The van der Waals surface area contributed by atoms with Crippen molar-refractivity contribution in [2.75, 3.05) is 11.9 Å². The zero-order chi connectivity index (χ0) is 16.8. The highest BCUT2D eigenvalue weighted by Crippen LogP contribution is 2.21. The summed E-state index contributed by atoms with van der Waals surface area (Å²) in [5, 5.41) is 2.88. The summed E-state index contributed by atoms with van der Waals surface area (Å²) in [6, 6.07) is 13.9. The molecule has 1 unspecified atom stereocenters. The summed E-state index contributed by atoms with van der Waals surface area (Å²) in [4.78, 5) is 12.0. The van der Waals surface area contributed by atoms with E-state index >= 15 is 0 Å². The molecule has 0 bridgehead atoms. The highest BCUT2D eigenvalue weighted by atomic mass is 16.5. The Balaban J connectivity index is 1.89. The van der Waals surface area contributed by atoms with E-state index in [-0.39, 0.29) is 12.5 Å². The minimum Gasteiger partial charge on any atom is -0.484 e. The number of anilines is 1. The van der Waals surface area contributed by atoms with Gasteiger partial charge in [-0.05, 0) is 55.5 Å². The number of ether oxygens (including phenoxy) is 1.